The van der Waals surface area contributed by atoms with E-state index in [1.165, 1.54) is 10.7 Å². The van der Waals surface area contributed by atoms with Crippen LogP contribution in [0.15, 0.2) is 41.6 Å². The van der Waals surface area contributed by atoms with Crippen LogP contribution in [-0.4, -0.2) is 47.5 Å². The first-order chi connectivity index (χ1) is 15.5. The van der Waals surface area contributed by atoms with E-state index in [4.69, 9.17) is 9.84 Å². The number of fused-ring (bicyclic) bond motifs is 1. The molecule has 4 aromatic heterocycles. The lowest BCUT2D eigenvalue weighted by molar-refractivity contribution is 0.123. The molecule has 0 spiro atoms. The number of hydrogen-bond donors (Lipinski definition) is 1. The van der Waals surface area contributed by atoms with E-state index in [2.05, 4.69) is 31.2 Å². The summed E-state index contributed by atoms with van der Waals surface area (Å²) in [5.41, 5.74) is 2.79. The summed E-state index contributed by atoms with van der Waals surface area (Å²) < 4.78 is 11.3. The smallest absolute Gasteiger partial charge is 0.266 e. The normalized spacial score (nSPS) is 18.7. The third-order valence-electron chi connectivity index (χ3n) is 6.04. The summed E-state index contributed by atoms with van der Waals surface area (Å²) in [6.07, 6.45) is 9.43. The van der Waals surface area contributed by atoms with Gasteiger partial charge in [-0.3, -0.25) is 14.2 Å². The van der Waals surface area contributed by atoms with Crippen LogP contribution in [-0.2, 0) is 14.1 Å². The Hall–Kier alpha value is -3.69. The van der Waals surface area contributed by atoms with Gasteiger partial charge in [-0.15, -0.1) is 5.10 Å². The van der Waals surface area contributed by atoms with E-state index in [1.807, 2.05) is 32.7 Å². The van der Waals surface area contributed by atoms with Crippen LogP contribution in [0.1, 0.15) is 31.7 Å². The van der Waals surface area contributed by atoms with Crippen LogP contribution in [0.5, 0.6) is 5.88 Å². The summed E-state index contributed by atoms with van der Waals surface area (Å²) in [6.45, 7) is 0. The predicted molar refractivity (Wildman–Crippen MR) is 121 cm³/mol. The lowest BCUT2D eigenvalue weighted by Crippen LogP contribution is -2.27. The number of nitrogens with zero attached hydrogens (tertiary/aromatic N) is 7. The van der Waals surface area contributed by atoms with E-state index >= 15 is 0 Å². The Morgan fingerprint density at radius 3 is 2.59 bits per heavy atom. The van der Waals surface area contributed by atoms with Crippen molar-refractivity contribution in [2.24, 2.45) is 14.1 Å². The van der Waals surface area contributed by atoms with E-state index in [1.54, 1.807) is 17.8 Å². The van der Waals surface area contributed by atoms with Crippen LogP contribution in [0.25, 0.3) is 22.2 Å². The molecule has 32 heavy (non-hydrogen) atoms. The second-order valence-corrected chi connectivity index (χ2v) is 8.21. The van der Waals surface area contributed by atoms with Crippen LogP contribution in [0, 0.1) is 0 Å². The number of aromatic nitrogens is 7. The minimum Gasteiger partial charge on any atom is -0.473 e. The Morgan fingerprint density at radius 2 is 1.91 bits per heavy atom. The average molecular weight is 435 g/mol. The van der Waals surface area contributed by atoms with Crippen molar-refractivity contribution in [2.45, 2.75) is 37.8 Å². The summed E-state index contributed by atoms with van der Waals surface area (Å²) in [6, 6.07) is 5.45. The molecule has 0 atom stereocenters. The van der Waals surface area contributed by atoms with Gasteiger partial charge in [0.1, 0.15) is 17.6 Å². The van der Waals surface area contributed by atoms with Crippen LogP contribution >= 0.6 is 0 Å². The lowest BCUT2D eigenvalue weighted by atomic mass is 9.93. The van der Waals surface area contributed by atoms with E-state index in [9.17, 15) is 4.79 Å². The number of ether oxygens (including phenoxy) is 1. The molecule has 0 amide bonds. The van der Waals surface area contributed by atoms with Gasteiger partial charge in [-0.05, 0) is 25.7 Å². The summed E-state index contributed by atoms with van der Waals surface area (Å²) in [7, 11) is 5.40. The zero-order chi connectivity index (χ0) is 22.2. The molecule has 1 fully saturated rings. The maximum absolute atomic E-state index is 11.5. The van der Waals surface area contributed by atoms with Gasteiger partial charge in [-0.2, -0.15) is 10.2 Å². The molecule has 0 aromatic carbocycles. The number of hydrogen-bond acceptors (Lipinski definition) is 7. The first-order valence-electron chi connectivity index (χ1n) is 10.8. The van der Waals surface area contributed by atoms with Crippen molar-refractivity contribution >= 4 is 16.7 Å². The minimum atomic E-state index is -0.147. The van der Waals surface area contributed by atoms with Crippen molar-refractivity contribution in [3.8, 4) is 17.1 Å². The molecule has 5 rings (SSSR count). The Balaban J connectivity index is 1.40. The molecule has 1 saturated carbocycles. The Labute approximate surface area is 184 Å². The fourth-order valence-electron chi connectivity index (χ4n) is 4.33. The number of rotatable bonds is 5. The van der Waals surface area contributed by atoms with E-state index in [-0.39, 0.29) is 17.7 Å². The molecule has 4 heterocycles. The van der Waals surface area contributed by atoms with Gasteiger partial charge in [0.05, 0.1) is 17.8 Å². The molecular formula is C22H26N8O2. The fourth-order valence-corrected chi connectivity index (χ4v) is 4.33. The zero-order valence-electron chi connectivity index (χ0n) is 18.4. The monoisotopic (exact) mass is 434 g/mol. The molecule has 10 nitrogen and oxygen atoms in total. The SMILES string of the molecule is CNc1cc2c(cn1)c(-c1cnn(C)c1)nn2C1CCC(Oc2ccc(=O)n(C)n2)CC1. The van der Waals surface area contributed by atoms with Gasteiger partial charge in [0, 0.05) is 62.7 Å². The maximum Gasteiger partial charge on any atom is 0.266 e. The Bertz CT molecular complexity index is 1310. The quantitative estimate of drug-likeness (QED) is 0.515. The predicted octanol–water partition coefficient (Wildman–Crippen LogP) is 2.53. The molecule has 1 aliphatic carbocycles. The van der Waals surface area contributed by atoms with Gasteiger partial charge in [0.15, 0.2) is 0 Å². The van der Waals surface area contributed by atoms with Gasteiger partial charge in [0.25, 0.3) is 5.56 Å². The number of anilines is 1. The first-order valence-corrected chi connectivity index (χ1v) is 10.8. The topological polar surface area (TPSA) is 105 Å². The zero-order valence-corrected chi connectivity index (χ0v) is 18.4. The van der Waals surface area contributed by atoms with E-state index in [0.29, 0.717) is 5.88 Å². The van der Waals surface area contributed by atoms with Gasteiger partial charge in [0.2, 0.25) is 5.88 Å². The van der Waals surface area contributed by atoms with Gasteiger partial charge < -0.3 is 10.1 Å². The molecule has 0 bridgehead atoms. The van der Waals surface area contributed by atoms with Crippen LogP contribution < -0.4 is 15.6 Å². The van der Waals surface area contributed by atoms with Crippen molar-refractivity contribution in [2.75, 3.05) is 12.4 Å². The van der Waals surface area contributed by atoms with Crippen LogP contribution in [0.4, 0.5) is 5.82 Å². The molecule has 1 aliphatic rings. The second-order valence-electron chi connectivity index (χ2n) is 8.21. The standard InChI is InChI=1S/C22H26N8O2/c1-23-19-10-18-17(12-24-19)22(14-11-25-28(2)13-14)27-30(18)15-4-6-16(7-5-15)32-20-8-9-21(31)29(3)26-20/h8-13,15-16H,4-7H2,1-3H3,(H,23,24). The summed E-state index contributed by atoms with van der Waals surface area (Å²) in [5.74, 6) is 1.30. The van der Waals surface area contributed by atoms with Gasteiger partial charge in [-0.1, -0.05) is 0 Å². The fraction of sp³-hybridized carbons (Fsp3) is 0.409. The van der Waals surface area contributed by atoms with Crippen molar-refractivity contribution in [1.82, 2.24) is 34.3 Å². The summed E-state index contributed by atoms with van der Waals surface area (Å²) >= 11 is 0. The second kappa shape index (κ2) is 8.10. The van der Waals surface area contributed by atoms with Gasteiger partial charge in [-0.25, -0.2) is 9.67 Å². The molecule has 10 heteroatoms. The Morgan fingerprint density at radius 1 is 1.09 bits per heavy atom. The van der Waals surface area contributed by atoms with Crippen molar-refractivity contribution < 1.29 is 4.74 Å². The number of aryl methyl sites for hydroxylation is 2. The van der Waals surface area contributed by atoms with E-state index in [0.717, 1.165) is 53.7 Å². The molecule has 0 aliphatic heterocycles. The highest BCUT2D eigenvalue weighted by Gasteiger charge is 2.27. The first kappa shape index (κ1) is 20.2. The average Bonchev–Trinajstić information content (AvgIpc) is 3.40. The highest BCUT2D eigenvalue weighted by Crippen LogP contribution is 2.36. The highest BCUT2D eigenvalue weighted by atomic mass is 16.5. The Kier molecular flexibility index (Phi) is 5.12. The van der Waals surface area contributed by atoms with Crippen molar-refractivity contribution in [3.63, 3.8) is 0 Å². The van der Waals surface area contributed by atoms with Crippen molar-refractivity contribution in [3.05, 3.63) is 47.1 Å². The largest absolute Gasteiger partial charge is 0.473 e. The molecular weight excluding hydrogens is 408 g/mol. The van der Waals surface area contributed by atoms with Crippen molar-refractivity contribution in [1.29, 1.82) is 0 Å². The molecule has 1 N–H and O–H groups in total. The summed E-state index contributed by atoms with van der Waals surface area (Å²) in [4.78, 5) is 16.0. The molecule has 166 valence electrons. The summed E-state index contributed by atoms with van der Waals surface area (Å²) in [5, 5.41) is 17.6. The molecule has 0 saturated heterocycles. The van der Waals surface area contributed by atoms with Crippen LogP contribution in [0.2, 0.25) is 0 Å². The molecule has 0 unspecified atom stereocenters. The highest BCUT2D eigenvalue weighted by molar-refractivity contribution is 5.93. The number of pyridine rings is 1. The maximum atomic E-state index is 11.5. The third kappa shape index (κ3) is 3.72. The lowest BCUT2D eigenvalue weighted by Gasteiger charge is -2.29. The molecule has 4 aromatic rings. The van der Waals surface area contributed by atoms with E-state index < -0.39 is 0 Å². The minimum absolute atomic E-state index is 0.0745. The molecule has 0 radical (unpaired) electrons. The number of nitrogens with one attached hydrogen (secondary N) is 1. The van der Waals surface area contributed by atoms with Gasteiger partial charge >= 0.3 is 0 Å². The van der Waals surface area contributed by atoms with Crippen LogP contribution in [0.3, 0.4) is 0 Å². The third-order valence-corrected chi connectivity index (χ3v) is 6.04.